The van der Waals surface area contributed by atoms with Crippen molar-refractivity contribution in [2.24, 2.45) is 0 Å². The van der Waals surface area contributed by atoms with Gasteiger partial charge in [0.15, 0.2) is 5.65 Å². The van der Waals surface area contributed by atoms with Crippen LogP contribution in [-0.2, 0) is 0 Å². The molecule has 0 aliphatic carbocycles. The summed E-state index contributed by atoms with van der Waals surface area (Å²) < 4.78 is 1.75. The van der Waals surface area contributed by atoms with E-state index in [-0.39, 0.29) is 11.8 Å². The molecule has 29 heavy (non-hydrogen) atoms. The van der Waals surface area contributed by atoms with E-state index >= 15 is 0 Å². The molecule has 0 radical (unpaired) electrons. The highest BCUT2D eigenvalue weighted by atomic mass is 16.2. The highest BCUT2D eigenvalue weighted by Crippen LogP contribution is 2.36. The molecule has 0 N–H and O–H groups in total. The van der Waals surface area contributed by atoms with Gasteiger partial charge in [0.05, 0.1) is 22.2 Å². The quantitative estimate of drug-likeness (QED) is 0.493. The fourth-order valence-electron chi connectivity index (χ4n) is 3.74. The maximum Gasteiger partial charge on any atom is 0.262 e. The lowest BCUT2D eigenvalue weighted by Gasteiger charge is -2.06. The molecule has 3 heterocycles. The molecular weight excluding hydrogens is 364 g/mol. The van der Waals surface area contributed by atoms with Crippen LogP contribution in [0.1, 0.15) is 31.8 Å². The van der Waals surface area contributed by atoms with Crippen molar-refractivity contribution in [3.05, 3.63) is 77.0 Å². The zero-order valence-corrected chi connectivity index (χ0v) is 16.3. The molecule has 0 saturated carbocycles. The number of amides is 2. The number of imide groups is 1. The van der Waals surface area contributed by atoms with Crippen LogP contribution in [0.2, 0.25) is 0 Å². The van der Waals surface area contributed by atoms with Crippen LogP contribution in [0.15, 0.2) is 54.7 Å². The fraction of sp³-hybridized carbons (Fsp3) is 0.130. The third-order valence-corrected chi connectivity index (χ3v) is 5.53. The molecule has 0 spiro atoms. The number of carbonyl (C=O) groups is 2. The van der Waals surface area contributed by atoms with Crippen molar-refractivity contribution >= 4 is 22.8 Å². The third-order valence-electron chi connectivity index (χ3n) is 5.53. The lowest BCUT2D eigenvalue weighted by molar-refractivity contribution is 0.0693. The van der Waals surface area contributed by atoms with Gasteiger partial charge in [0.2, 0.25) is 0 Å². The number of carbonyl (C=O) groups excluding carboxylic acids is 2. The van der Waals surface area contributed by atoms with Gasteiger partial charge in [-0.3, -0.25) is 14.5 Å². The van der Waals surface area contributed by atoms with Crippen molar-refractivity contribution < 1.29 is 9.59 Å². The molecule has 6 heteroatoms. The lowest BCUT2D eigenvalue weighted by atomic mass is 10.0. The zero-order valence-electron chi connectivity index (χ0n) is 16.3. The first-order valence-electron chi connectivity index (χ1n) is 9.34. The number of benzene rings is 2. The van der Waals surface area contributed by atoms with E-state index in [0.717, 1.165) is 21.7 Å². The number of pyridine rings is 1. The van der Waals surface area contributed by atoms with Crippen LogP contribution in [0, 0.1) is 13.8 Å². The van der Waals surface area contributed by atoms with Gasteiger partial charge in [0.1, 0.15) is 5.69 Å². The second kappa shape index (κ2) is 6.10. The van der Waals surface area contributed by atoms with Crippen molar-refractivity contribution in [3.63, 3.8) is 0 Å². The molecule has 0 atom stereocenters. The molecule has 4 aromatic rings. The largest absolute Gasteiger partial charge is 0.277 e. The van der Waals surface area contributed by atoms with Crippen LogP contribution in [0.5, 0.6) is 0 Å². The third kappa shape index (κ3) is 2.42. The standard InChI is InChI=1S/C23H18N4O2/c1-13-9-10-16(11-14(13)2)27-21-19(20(25-27)15-7-5-4-6-8-15)18-17(12-24-21)22(28)26(3)23(18)29/h4-12H,1-3H3. The van der Waals surface area contributed by atoms with Gasteiger partial charge in [-0.1, -0.05) is 36.4 Å². The summed E-state index contributed by atoms with van der Waals surface area (Å²) in [6.07, 6.45) is 1.48. The van der Waals surface area contributed by atoms with Gasteiger partial charge in [0, 0.05) is 18.8 Å². The Morgan fingerprint density at radius 3 is 2.38 bits per heavy atom. The first-order valence-corrected chi connectivity index (χ1v) is 9.34. The van der Waals surface area contributed by atoms with Gasteiger partial charge in [-0.2, -0.15) is 5.10 Å². The van der Waals surface area contributed by atoms with E-state index in [9.17, 15) is 9.59 Å². The minimum absolute atomic E-state index is 0.321. The van der Waals surface area contributed by atoms with E-state index in [1.54, 1.807) is 4.68 Å². The molecule has 142 valence electrons. The van der Waals surface area contributed by atoms with Crippen molar-refractivity contribution in [3.8, 4) is 16.9 Å². The van der Waals surface area contributed by atoms with Crippen LogP contribution < -0.4 is 0 Å². The Hall–Kier alpha value is -3.80. The van der Waals surface area contributed by atoms with Crippen molar-refractivity contribution in [1.82, 2.24) is 19.7 Å². The number of rotatable bonds is 2. The minimum Gasteiger partial charge on any atom is -0.277 e. The normalized spacial score (nSPS) is 13.4. The summed E-state index contributed by atoms with van der Waals surface area (Å²) in [5.74, 6) is -0.661. The molecule has 0 saturated heterocycles. The summed E-state index contributed by atoms with van der Waals surface area (Å²) in [7, 11) is 1.49. The summed E-state index contributed by atoms with van der Waals surface area (Å²) in [5, 5.41) is 5.44. The van der Waals surface area contributed by atoms with Gasteiger partial charge in [-0.15, -0.1) is 0 Å². The predicted octanol–water partition coefficient (Wildman–Crippen LogP) is 3.93. The van der Waals surface area contributed by atoms with E-state index in [2.05, 4.69) is 11.9 Å². The van der Waals surface area contributed by atoms with Crippen LogP contribution in [-0.4, -0.2) is 38.5 Å². The first-order chi connectivity index (χ1) is 14.0. The summed E-state index contributed by atoms with van der Waals surface area (Å²) >= 11 is 0. The van der Waals surface area contributed by atoms with E-state index in [1.165, 1.54) is 18.8 Å². The van der Waals surface area contributed by atoms with E-state index in [0.29, 0.717) is 27.9 Å². The molecule has 0 fully saturated rings. The molecule has 2 aromatic heterocycles. The number of hydrogen-bond acceptors (Lipinski definition) is 4. The van der Waals surface area contributed by atoms with Crippen LogP contribution in [0.25, 0.3) is 28.0 Å². The lowest BCUT2D eigenvalue weighted by Crippen LogP contribution is -2.24. The Morgan fingerprint density at radius 2 is 1.66 bits per heavy atom. The Balaban J connectivity index is 1.89. The summed E-state index contributed by atoms with van der Waals surface area (Å²) in [5.41, 5.74) is 5.94. The van der Waals surface area contributed by atoms with Crippen LogP contribution in [0.3, 0.4) is 0 Å². The van der Waals surface area contributed by atoms with Gasteiger partial charge >= 0.3 is 0 Å². The molecule has 6 nitrogen and oxygen atoms in total. The topological polar surface area (TPSA) is 68.1 Å². The summed E-state index contributed by atoms with van der Waals surface area (Å²) in [6, 6.07) is 15.7. The molecule has 1 aliphatic heterocycles. The van der Waals surface area contributed by atoms with Gasteiger partial charge in [0.25, 0.3) is 11.8 Å². The first kappa shape index (κ1) is 17.3. The van der Waals surface area contributed by atoms with E-state index in [4.69, 9.17) is 5.10 Å². The van der Waals surface area contributed by atoms with Gasteiger partial charge in [-0.25, -0.2) is 9.67 Å². The maximum absolute atomic E-state index is 12.9. The molecule has 0 unspecified atom stereocenters. The summed E-state index contributed by atoms with van der Waals surface area (Å²) in [6.45, 7) is 4.10. The number of aromatic nitrogens is 3. The number of hydrogen-bond donors (Lipinski definition) is 0. The average Bonchev–Trinajstić information content (AvgIpc) is 3.22. The van der Waals surface area contributed by atoms with Crippen LogP contribution in [0.4, 0.5) is 0 Å². The Kier molecular flexibility index (Phi) is 3.64. The molecule has 0 bridgehead atoms. The molecular formula is C23H18N4O2. The van der Waals surface area contributed by atoms with Crippen molar-refractivity contribution in [2.45, 2.75) is 13.8 Å². The highest BCUT2D eigenvalue weighted by molar-refractivity contribution is 6.27. The maximum atomic E-state index is 12.9. The number of nitrogens with zero attached hydrogens (tertiary/aromatic N) is 4. The van der Waals surface area contributed by atoms with Gasteiger partial charge < -0.3 is 0 Å². The molecule has 1 aliphatic rings. The van der Waals surface area contributed by atoms with E-state index < -0.39 is 0 Å². The minimum atomic E-state index is -0.336. The average molecular weight is 382 g/mol. The predicted molar refractivity (Wildman–Crippen MR) is 110 cm³/mol. The van der Waals surface area contributed by atoms with Crippen molar-refractivity contribution in [2.75, 3.05) is 7.05 Å². The fourth-order valence-corrected chi connectivity index (χ4v) is 3.74. The highest BCUT2D eigenvalue weighted by Gasteiger charge is 2.37. The number of aryl methyl sites for hydroxylation is 2. The number of fused-ring (bicyclic) bond motifs is 3. The van der Waals surface area contributed by atoms with Crippen LogP contribution >= 0.6 is 0 Å². The zero-order chi connectivity index (χ0) is 20.3. The monoisotopic (exact) mass is 382 g/mol. The van der Waals surface area contributed by atoms with Crippen molar-refractivity contribution in [1.29, 1.82) is 0 Å². The Bertz CT molecular complexity index is 1320. The second-order valence-corrected chi connectivity index (χ2v) is 7.31. The second-order valence-electron chi connectivity index (χ2n) is 7.31. The van der Waals surface area contributed by atoms with Gasteiger partial charge in [-0.05, 0) is 37.1 Å². The Labute approximate surface area is 167 Å². The van der Waals surface area contributed by atoms with E-state index in [1.807, 2.05) is 55.5 Å². The molecule has 2 aromatic carbocycles. The molecule has 5 rings (SSSR count). The summed E-state index contributed by atoms with van der Waals surface area (Å²) in [4.78, 5) is 31.1. The molecule has 2 amide bonds. The SMILES string of the molecule is Cc1ccc(-n2nc(-c3ccccc3)c3c4c(cnc32)C(=O)N(C)C4=O)cc1C. The Morgan fingerprint density at radius 1 is 0.897 bits per heavy atom. The smallest absolute Gasteiger partial charge is 0.262 e.